The molecule has 0 aliphatic carbocycles. The molecule has 0 spiro atoms. The highest BCUT2D eigenvalue weighted by Gasteiger charge is 2.31. The van der Waals surface area contributed by atoms with E-state index in [0.29, 0.717) is 0 Å². The Morgan fingerprint density at radius 1 is 0.885 bits per heavy atom. The second-order valence-electron chi connectivity index (χ2n) is 6.91. The summed E-state index contributed by atoms with van der Waals surface area (Å²) in [5.41, 5.74) is 1.24. The van der Waals surface area contributed by atoms with Crippen molar-refractivity contribution in [3.05, 3.63) is 58.6 Å². The van der Waals surface area contributed by atoms with Gasteiger partial charge in [0.05, 0.1) is 13.1 Å². The van der Waals surface area contributed by atoms with Gasteiger partial charge in [0.15, 0.2) is 0 Å². The highest BCUT2D eigenvalue weighted by atomic mass is 127. The van der Waals surface area contributed by atoms with Crippen molar-refractivity contribution in [1.82, 2.24) is 0 Å². The molecule has 1 fully saturated rings. The van der Waals surface area contributed by atoms with Crippen molar-refractivity contribution in [2.24, 2.45) is 0 Å². The van der Waals surface area contributed by atoms with Crippen LogP contribution in [0.25, 0.3) is 0 Å². The smallest absolute Gasteiger partial charge is 0.137 e. The second kappa shape index (κ2) is 10.5. The first-order chi connectivity index (χ1) is 12.2. The minimum absolute atomic E-state index is 0. The van der Waals surface area contributed by atoms with E-state index in [1.165, 1.54) is 31.5 Å². The summed E-state index contributed by atoms with van der Waals surface area (Å²) in [6.45, 7) is 8.20. The summed E-state index contributed by atoms with van der Waals surface area (Å²) in [5, 5.41) is 0. The molecule has 1 aliphatic rings. The van der Waals surface area contributed by atoms with Crippen LogP contribution in [0, 0.1) is 6.92 Å². The van der Waals surface area contributed by atoms with Gasteiger partial charge in [0.2, 0.25) is 0 Å². The van der Waals surface area contributed by atoms with E-state index < -0.39 is 0 Å². The zero-order valence-corrected chi connectivity index (χ0v) is 19.0. The molecule has 1 aliphatic heterocycles. The van der Waals surface area contributed by atoms with Crippen molar-refractivity contribution in [2.75, 3.05) is 39.4 Å². The molecule has 2 aromatic carbocycles. The second-order valence-corrected chi connectivity index (χ2v) is 7.83. The molecule has 5 heteroatoms. The van der Waals surface area contributed by atoms with Crippen LogP contribution in [0.5, 0.6) is 11.5 Å². The molecule has 142 valence electrons. The quantitative estimate of drug-likeness (QED) is 0.382. The normalized spacial score (nSPS) is 15.3. The molecular formula is C21H27BrINO2. The van der Waals surface area contributed by atoms with Crippen LogP contribution in [-0.4, -0.2) is 43.9 Å². The van der Waals surface area contributed by atoms with Crippen molar-refractivity contribution in [1.29, 1.82) is 0 Å². The zero-order chi connectivity index (χ0) is 17.5. The third-order valence-electron chi connectivity index (χ3n) is 4.99. The Morgan fingerprint density at radius 2 is 1.50 bits per heavy atom. The maximum absolute atomic E-state index is 5.99. The van der Waals surface area contributed by atoms with Gasteiger partial charge in [-0.05, 0) is 48.9 Å². The van der Waals surface area contributed by atoms with Crippen LogP contribution in [0.1, 0.15) is 18.4 Å². The van der Waals surface area contributed by atoms with Crippen LogP contribution in [0.3, 0.4) is 0 Å². The predicted molar refractivity (Wildman–Crippen MR) is 105 cm³/mol. The summed E-state index contributed by atoms with van der Waals surface area (Å²) in [6.07, 6.45) is 2.62. The van der Waals surface area contributed by atoms with Crippen molar-refractivity contribution < 1.29 is 37.9 Å². The average Bonchev–Trinajstić information content (AvgIpc) is 3.06. The Morgan fingerprint density at radius 3 is 2.12 bits per heavy atom. The summed E-state index contributed by atoms with van der Waals surface area (Å²) >= 11 is 3.46. The molecule has 0 atom stereocenters. The third kappa shape index (κ3) is 6.43. The fraction of sp³-hybridized carbons (Fsp3) is 0.429. The van der Waals surface area contributed by atoms with E-state index in [-0.39, 0.29) is 24.0 Å². The lowest BCUT2D eigenvalue weighted by Gasteiger charge is -2.34. The number of nitrogens with zero attached hydrogens (tertiary/aromatic N) is 1. The predicted octanol–water partition coefficient (Wildman–Crippen LogP) is 1.83. The number of likely N-dealkylation sites (tertiary alicyclic amines) is 1. The van der Waals surface area contributed by atoms with Crippen molar-refractivity contribution in [3.8, 4) is 11.5 Å². The minimum atomic E-state index is 0. The van der Waals surface area contributed by atoms with Gasteiger partial charge in [-0.15, -0.1) is 0 Å². The molecular weight excluding hydrogens is 505 g/mol. The van der Waals surface area contributed by atoms with Crippen molar-refractivity contribution in [2.45, 2.75) is 19.8 Å². The number of aryl methyl sites for hydroxylation is 1. The van der Waals surface area contributed by atoms with Gasteiger partial charge in [0, 0.05) is 17.3 Å². The van der Waals surface area contributed by atoms with Crippen LogP contribution in [0.2, 0.25) is 0 Å². The molecule has 26 heavy (non-hydrogen) atoms. The summed E-state index contributed by atoms with van der Waals surface area (Å²) in [7, 11) is 0. The number of halogens is 2. The van der Waals surface area contributed by atoms with E-state index in [9.17, 15) is 0 Å². The molecule has 2 aromatic rings. The summed E-state index contributed by atoms with van der Waals surface area (Å²) in [4.78, 5) is 0. The topological polar surface area (TPSA) is 18.5 Å². The molecule has 3 rings (SSSR count). The molecule has 0 saturated carbocycles. The van der Waals surface area contributed by atoms with Gasteiger partial charge in [-0.1, -0.05) is 28.1 Å². The van der Waals surface area contributed by atoms with E-state index in [0.717, 1.165) is 46.8 Å². The van der Waals surface area contributed by atoms with E-state index >= 15 is 0 Å². The van der Waals surface area contributed by atoms with Crippen molar-refractivity contribution >= 4 is 15.9 Å². The van der Waals surface area contributed by atoms with Gasteiger partial charge in [-0.25, -0.2) is 0 Å². The van der Waals surface area contributed by atoms with E-state index in [4.69, 9.17) is 9.47 Å². The molecule has 0 N–H and O–H groups in total. The third-order valence-corrected chi connectivity index (χ3v) is 5.52. The van der Waals surface area contributed by atoms with Crippen molar-refractivity contribution in [3.63, 3.8) is 0 Å². The summed E-state index contributed by atoms with van der Waals surface area (Å²) < 4.78 is 14.1. The molecule has 1 saturated heterocycles. The van der Waals surface area contributed by atoms with E-state index in [2.05, 4.69) is 41.1 Å². The number of quaternary nitrogens is 1. The first kappa shape index (κ1) is 21.5. The Bertz CT molecular complexity index is 672. The van der Waals surface area contributed by atoms with E-state index in [1.54, 1.807) is 0 Å². The molecule has 3 nitrogen and oxygen atoms in total. The number of hydrogen-bond donors (Lipinski definition) is 0. The molecule has 0 unspecified atom stereocenters. The standard InChI is InChI=1S/C21H27BrNO2.HI/c1-18-5-4-6-21(17-18)25-16-14-23(11-2-3-12-23)13-15-24-20-9-7-19(22)8-10-20;/h4-10,17H,2-3,11-16H2,1H3;1H/q+1;/p-1. The highest BCUT2D eigenvalue weighted by molar-refractivity contribution is 9.10. The van der Waals surface area contributed by atoms with Gasteiger partial charge >= 0.3 is 0 Å². The number of ether oxygens (including phenoxy) is 2. The monoisotopic (exact) mass is 531 g/mol. The fourth-order valence-corrected chi connectivity index (χ4v) is 3.78. The zero-order valence-electron chi connectivity index (χ0n) is 15.3. The Labute approximate surface area is 182 Å². The van der Waals surface area contributed by atoms with Crippen LogP contribution >= 0.6 is 15.9 Å². The number of benzene rings is 2. The fourth-order valence-electron chi connectivity index (χ4n) is 3.52. The lowest BCUT2D eigenvalue weighted by Crippen LogP contribution is -3.00. The van der Waals surface area contributed by atoms with Crippen LogP contribution in [0.4, 0.5) is 0 Å². The maximum Gasteiger partial charge on any atom is 0.137 e. The molecule has 1 heterocycles. The van der Waals surface area contributed by atoms with Crippen LogP contribution in [-0.2, 0) is 0 Å². The van der Waals surface area contributed by atoms with Crippen LogP contribution in [0.15, 0.2) is 53.0 Å². The Kier molecular flexibility index (Phi) is 8.70. The summed E-state index contributed by atoms with van der Waals surface area (Å²) in [6, 6.07) is 16.4. The number of rotatable bonds is 8. The highest BCUT2D eigenvalue weighted by Crippen LogP contribution is 2.21. The molecule has 0 amide bonds. The van der Waals surface area contributed by atoms with Gasteiger partial charge < -0.3 is 37.9 Å². The van der Waals surface area contributed by atoms with Gasteiger partial charge in [0.1, 0.15) is 37.8 Å². The summed E-state index contributed by atoms with van der Waals surface area (Å²) in [5.74, 6) is 1.92. The first-order valence-electron chi connectivity index (χ1n) is 9.08. The first-order valence-corrected chi connectivity index (χ1v) is 9.88. The molecule has 0 aromatic heterocycles. The largest absolute Gasteiger partial charge is 1.00 e. The lowest BCUT2D eigenvalue weighted by atomic mass is 10.2. The number of hydrogen-bond acceptors (Lipinski definition) is 2. The van der Waals surface area contributed by atoms with Gasteiger partial charge in [-0.3, -0.25) is 0 Å². The average molecular weight is 532 g/mol. The lowest BCUT2D eigenvalue weighted by molar-refractivity contribution is -0.916. The maximum atomic E-state index is 5.99. The van der Waals surface area contributed by atoms with E-state index in [1.807, 2.05) is 30.3 Å². The Hall–Kier alpha value is -0.790. The van der Waals surface area contributed by atoms with Gasteiger partial charge in [-0.2, -0.15) is 0 Å². The van der Waals surface area contributed by atoms with Crippen LogP contribution < -0.4 is 33.5 Å². The SMILES string of the molecule is Cc1cccc(OCC[N+]2(CCOc3ccc(Br)cc3)CCCC2)c1.[I-]. The minimum Gasteiger partial charge on any atom is -1.00 e. The molecule has 0 bridgehead atoms. The van der Waals surface area contributed by atoms with Gasteiger partial charge in [0.25, 0.3) is 0 Å². The Balaban J connectivity index is 0.00000243. The molecule has 0 radical (unpaired) electrons.